The van der Waals surface area contributed by atoms with Crippen LogP contribution in [0.4, 0.5) is 0 Å². The summed E-state index contributed by atoms with van der Waals surface area (Å²) in [6, 6.07) is 13.8. The molecule has 0 aliphatic heterocycles. The second-order valence-electron chi connectivity index (χ2n) is 5.86. The molecule has 1 nitrogen and oxygen atoms in total. The second-order valence-corrected chi connectivity index (χ2v) is 7.14. The van der Waals surface area contributed by atoms with E-state index in [1.165, 1.54) is 22.4 Å². The highest BCUT2D eigenvalue weighted by Gasteiger charge is 2.44. The van der Waals surface area contributed by atoms with Gasteiger partial charge in [0.2, 0.25) is 0 Å². The van der Waals surface area contributed by atoms with Gasteiger partial charge in [0, 0.05) is 15.8 Å². The molecule has 1 aromatic carbocycles. The van der Waals surface area contributed by atoms with Crippen LogP contribution in [0.2, 0.25) is 0 Å². The van der Waals surface area contributed by atoms with Crippen LogP contribution in [0.5, 0.6) is 0 Å². The standard InChI is InChI=1S/C18H23NS/c1-4-19-17(18-12(2)10-13(3)20-18)16-11-15(16)14-8-6-5-7-9-14/h5-10,15-17,19H,4,11H2,1-3H3. The maximum absolute atomic E-state index is 3.73. The predicted octanol–water partition coefficient (Wildman–Crippen LogP) is 4.82. The van der Waals surface area contributed by atoms with Gasteiger partial charge in [-0.1, -0.05) is 37.3 Å². The number of benzene rings is 1. The van der Waals surface area contributed by atoms with Gasteiger partial charge in [-0.25, -0.2) is 0 Å². The van der Waals surface area contributed by atoms with Crippen LogP contribution in [0.3, 0.4) is 0 Å². The fourth-order valence-corrected chi connectivity index (χ4v) is 4.48. The van der Waals surface area contributed by atoms with Gasteiger partial charge in [0.05, 0.1) is 0 Å². The molecule has 1 aliphatic rings. The highest BCUT2D eigenvalue weighted by Crippen LogP contribution is 2.55. The molecule has 20 heavy (non-hydrogen) atoms. The highest BCUT2D eigenvalue weighted by molar-refractivity contribution is 7.12. The quantitative estimate of drug-likeness (QED) is 0.830. The Morgan fingerprint density at radius 3 is 2.60 bits per heavy atom. The van der Waals surface area contributed by atoms with Crippen molar-refractivity contribution < 1.29 is 0 Å². The second kappa shape index (κ2) is 5.71. The fraction of sp³-hybridized carbons (Fsp3) is 0.444. The van der Waals surface area contributed by atoms with Gasteiger partial charge in [-0.15, -0.1) is 11.3 Å². The number of aryl methyl sites for hydroxylation is 2. The smallest absolute Gasteiger partial charge is 0.0452 e. The fourth-order valence-electron chi connectivity index (χ4n) is 3.29. The van der Waals surface area contributed by atoms with Crippen LogP contribution in [-0.2, 0) is 0 Å². The lowest BCUT2D eigenvalue weighted by molar-refractivity contribution is 0.493. The average molecular weight is 285 g/mol. The Morgan fingerprint density at radius 2 is 2.00 bits per heavy atom. The number of thiophene rings is 1. The van der Waals surface area contributed by atoms with E-state index in [0.29, 0.717) is 6.04 Å². The molecule has 1 heterocycles. The molecule has 3 rings (SSSR count). The van der Waals surface area contributed by atoms with Crippen molar-refractivity contribution in [2.75, 3.05) is 6.54 Å². The first-order chi connectivity index (χ1) is 9.70. The Hall–Kier alpha value is -1.12. The first-order valence-electron chi connectivity index (χ1n) is 7.56. The van der Waals surface area contributed by atoms with E-state index in [-0.39, 0.29) is 0 Å². The topological polar surface area (TPSA) is 12.0 Å². The number of hydrogen-bond acceptors (Lipinski definition) is 2. The van der Waals surface area contributed by atoms with E-state index >= 15 is 0 Å². The Balaban J connectivity index is 1.81. The summed E-state index contributed by atoms with van der Waals surface area (Å²) in [5, 5.41) is 3.73. The van der Waals surface area contributed by atoms with E-state index in [2.05, 4.69) is 62.5 Å². The maximum Gasteiger partial charge on any atom is 0.0452 e. The molecule has 0 amide bonds. The van der Waals surface area contributed by atoms with Crippen LogP contribution in [0.1, 0.15) is 46.2 Å². The number of rotatable bonds is 5. The lowest BCUT2D eigenvalue weighted by atomic mass is 10.0. The third kappa shape index (κ3) is 2.68. The van der Waals surface area contributed by atoms with Crippen molar-refractivity contribution in [1.29, 1.82) is 0 Å². The molecule has 0 radical (unpaired) electrons. The van der Waals surface area contributed by atoms with Crippen molar-refractivity contribution in [1.82, 2.24) is 5.32 Å². The van der Waals surface area contributed by atoms with Gasteiger partial charge in [0.25, 0.3) is 0 Å². The maximum atomic E-state index is 3.73. The zero-order valence-electron chi connectivity index (χ0n) is 12.5. The average Bonchev–Trinajstić information content (AvgIpc) is 3.17. The molecule has 3 atom stereocenters. The van der Waals surface area contributed by atoms with Gasteiger partial charge in [-0.3, -0.25) is 0 Å². The zero-order chi connectivity index (χ0) is 14.1. The normalized spacial score (nSPS) is 22.8. The lowest BCUT2D eigenvalue weighted by Gasteiger charge is -2.18. The summed E-state index contributed by atoms with van der Waals surface area (Å²) in [5.41, 5.74) is 2.96. The summed E-state index contributed by atoms with van der Waals surface area (Å²) >= 11 is 1.97. The van der Waals surface area contributed by atoms with E-state index in [1.54, 1.807) is 4.88 Å². The van der Waals surface area contributed by atoms with Crippen molar-refractivity contribution in [3.63, 3.8) is 0 Å². The molecule has 106 valence electrons. The first kappa shape index (κ1) is 13.8. The van der Waals surface area contributed by atoms with Crippen molar-refractivity contribution in [2.45, 2.75) is 39.2 Å². The lowest BCUT2D eigenvalue weighted by Crippen LogP contribution is -2.23. The summed E-state index contributed by atoms with van der Waals surface area (Å²) in [5.74, 6) is 1.50. The van der Waals surface area contributed by atoms with Crippen LogP contribution in [-0.4, -0.2) is 6.54 Å². The molecule has 0 spiro atoms. The molecule has 2 heteroatoms. The zero-order valence-corrected chi connectivity index (χ0v) is 13.3. The molecule has 1 aromatic heterocycles. The SMILES string of the molecule is CCNC(c1sc(C)cc1C)C1CC1c1ccccc1. The molecule has 1 fully saturated rings. The van der Waals surface area contributed by atoms with Crippen LogP contribution < -0.4 is 5.32 Å². The number of hydrogen-bond donors (Lipinski definition) is 1. The molecule has 3 unspecified atom stereocenters. The Morgan fingerprint density at radius 1 is 1.25 bits per heavy atom. The van der Waals surface area contributed by atoms with Crippen LogP contribution in [0.25, 0.3) is 0 Å². The minimum absolute atomic E-state index is 0.531. The van der Waals surface area contributed by atoms with Gasteiger partial charge in [0.15, 0.2) is 0 Å². The van der Waals surface area contributed by atoms with Crippen LogP contribution in [0, 0.1) is 19.8 Å². The first-order valence-corrected chi connectivity index (χ1v) is 8.37. The molecule has 1 N–H and O–H groups in total. The molecule has 1 aliphatic carbocycles. The van der Waals surface area contributed by atoms with Crippen molar-refractivity contribution >= 4 is 11.3 Å². The number of nitrogens with one attached hydrogen (secondary N) is 1. The monoisotopic (exact) mass is 285 g/mol. The highest BCUT2D eigenvalue weighted by atomic mass is 32.1. The molecule has 0 bridgehead atoms. The van der Waals surface area contributed by atoms with E-state index in [4.69, 9.17) is 0 Å². The van der Waals surface area contributed by atoms with Gasteiger partial charge in [-0.2, -0.15) is 0 Å². The Bertz CT molecular complexity index is 572. The summed E-state index contributed by atoms with van der Waals surface area (Å²) in [6.07, 6.45) is 1.32. The summed E-state index contributed by atoms with van der Waals surface area (Å²) in [4.78, 5) is 2.98. The van der Waals surface area contributed by atoms with Crippen LogP contribution >= 0.6 is 11.3 Å². The van der Waals surface area contributed by atoms with E-state index < -0.39 is 0 Å². The van der Waals surface area contributed by atoms with Crippen molar-refractivity contribution in [3.8, 4) is 0 Å². The summed E-state index contributed by atoms with van der Waals surface area (Å²) in [6.45, 7) is 7.72. The van der Waals surface area contributed by atoms with E-state index in [1.807, 2.05) is 11.3 Å². The summed E-state index contributed by atoms with van der Waals surface area (Å²) in [7, 11) is 0. The molecule has 2 aromatic rings. The van der Waals surface area contributed by atoms with E-state index in [0.717, 1.165) is 18.4 Å². The van der Waals surface area contributed by atoms with Crippen molar-refractivity contribution in [2.24, 2.45) is 5.92 Å². The minimum atomic E-state index is 0.531. The molecule has 0 saturated heterocycles. The van der Waals surface area contributed by atoms with Gasteiger partial charge in [0.1, 0.15) is 0 Å². The molecular formula is C18H23NS. The van der Waals surface area contributed by atoms with Gasteiger partial charge in [-0.05, 0) is 55.8 Å². The third-order valence-electron chi connectivity index (χ3n) is 4.28. The Kier molecular flexibility index (Phi) is 3.95. The van der Waals surface area contributed by atoms with E-state index in [9.17, 15) is 0 Å². The molecule has 1 saturated carbocycles. The summed E-state index contributed by atoms with van der Waals surface area (Å²) < 4.78 is 0. The van der Waals surface area contributed by atoms with Gasteiger partial charge < -0.3 is 5.32 Å². The predicted molar refractivity (Wildman–Crippen MR) is 87.5 cm³/mol. The van der Waals surface area contributed by atoms with Crippen LogP contribution in [0.15, 0.2) is 36.4 Å². The molecular weight excluding hydrogens is 262 g/mol. The third-order valence-corrected chi connectivity index (χ3v) is 5.52. The van der Waals surface area contributed by atoms with Crippen molar-refractivity contribution in [3.05, 3.63) is 57.3 Å². The van der Waals surface area contributed by atoms with Gasteiger partial charge >= 0.3 is 0 Å². The largest absolute Gasteiger partial charge is 0.309 e. The minimum Gasteiger partial charge on any atom is -0.309 e. The Labute approximate surface area is 126 Å².